The Morgan fingerprint density at radius 3 is 1.39 bits per heavy atom. The van der Waals surface area contributed by atoms with E-state index >= 15 is 0 Å². The van der Waals surface area contributed by atoms with Crippen molar-refractivity contribution < 1.29 is 80.3 Å². The average molecular weight is 1750 g/mol. The van der Waals surface area contributed by atoms with Crippen molar-refractivity contribution in [3.05, 3.63) is 109 Å². The van der Waals surface area contributed by atoms with Crippen molar-refractivity contribution in [2.75, 3.05) is 38.4 Å². The van der Waals surface area contributed by atoms with Gasteiger partial charge in [-0.15, -0.1) is 9.42 Å². The number of hydrogen-bond acceptors (Lipinski definition) is 20. The fourth-order valence-electron chi connectivity index (χ4n) is 15.6. The molecule has 4 heterocycles. The van der Waals surface area contributed by atoms with Crippen LogP contribution in [0.5, 0.6) is 17.2 Å². The molecule has 4 unspecified atom stereocenters. The number of ketones is 1. The van der Waals surface area contributed by atoms with Crippen molar-refractivity contribution in [1.82, 2.24) is 18.7 Å². The summed E-state index contributed by atoms with van der Waals surface area (Å²) >= 11 is 5.51. The number of Topliss-reactive ketones (excluding diaryl/α,β-unsaturated/α-hetero) is 1. The molecular weight excluding hydrogens is 1600 g/mol. The van der Waals surface area contributed by atoms with Gasteiger partial charge >= 0.3 is 38.3 Å². The number of ether oxygens (including phenoxy) is 7. The van der Waals surface area contributed by atoms with Crippen molar-refractivity contribution in [2.45, 2.75) is 412 Å². The lowest BCUT2D eigenvalue weighted by Crippen LogP contribution is -2.43. The van der Waals surface area contributed by atoms with Gasteiger partial charge in [0.1, 0.15) is 55.1 Å². The van der Waals surface area contributed by atoms with Crippen LogP contribution in [0.15, 0.2) is 75.3 Å². The quantitative estimate of drug-likeness (QED) is 0.0210. The summed E-state index contributed by atoms with van der Waals surface area (Å²) in [6.07, 6.45) is 53.7. The Hall–Kier alpha value is -6.05. The fourth-order valence-corrected chi connectivity index (χ4v) is 17.3. The molecule has 8 atom stereocenters. The van der Waals surface area contributed by atoms with E-state index in [9.17, 15) is 47.9 Å². The van der Waals surface area contributed by atoms with E-state index in [4.69, 9.17) is 58.5 Å². The SMILES string of the molecule is CCCCCCCCCCCCCCCCCCOc1cc(C(=O)OCn2c(=O)c(C)cn([C@H]3CC(OC(=O)CCC(C)=O)[C@@H](COP(O)(=S)OC4C[C@H](n5ccc(NC(=O)c6ccccc6)nc5=O)O[C@@H]4CO[P+](=O)O)O3)c2=O)cc(OCCCCCCCCCCCCCCCCCC)c1OCCCCCCCCCCCCCCCCCC. The van der Waals surface area contributed by atoms with E-state index in [2.05, 4.69) is 31.1 Å². The first-order chi connectivity index (χ1) is 58.8. The van der Waals surface area contributed by atoms with Gasteiger partial charge in [0.15, 0.2) is 18.2 Å². The molecule has 4 aromatic rings. The second kappa shape index (κ2) is 63.0. The molecule has 682 valence electrons. The Balaban J connectivity index is 1.15. The zero-order valence-corrected chi connectivity index (χ0v) is 76.7. The molecular formula is C93H150N5O20P2S+. The number of esters is 2. The summed E-state index contributed by atoms with van der Waals surface area (Å²) in [7, 11) is -3.15. The normalized spacial score (nSPS) is 17.1. The molecule has 0 aliphatic carbocycles. The number of carbonyl (C=O) groups excluding carboxylic acids is 4. The van der Waals surface area contributed by atoms with Crippen LogP contribution in [0.1, 0.15) is 400 Å². The topological polar surface area (TPSA) is 309 Å². The Labute approximate surface area is 727 Å². The molecule has 6 rings (SSSR count). The highest BCUT2D eigenvalue weighted by atomic mass is 32.5. The van der Waals surface area contributed by atoms with E-state index in [1.54, 1.807) is 42.5 Å². The molecule has 2 fully saturated rings. The summed E-state index contributed by atoms with van der Waals surface area (Å²) in [4.78, 5) is 120. The predicted octanol–water partition coefficient (Wildman–Crippen LogP) is 22.7. The van der Waals surface area contributed by atoms with Crippen LogP contribution in [0.4, 0.5) is 5.82 Å². The summed E-state index contributed by atoms with van der Waals surface area (Å²) in [5.41, 5.74) is -2.13. The van der Waals surface area contributed by atoms with Gasteiger partial charge in [-0.1, -0.05) is 328 Å². The Morgan fingerprint density at radius 1 is 0.545 bits per heavy atom. The van der Waals surface area contributed by atoms with Gasteiger partial charge in [0.25, 0.3) is 11.5 Å². The summed E-state index contributed by atoms with van der Waals surface area (Å²) in [6.45, 7) is 4.29. The molecule has 2 aromatic heterocycles. The van der Waals surface area contributed by atoms with Gasteiger partial charge in [-0.25, -0.2) is 19.0 Å². The van der Waals surface area contributed by atoms with Crippen molar-refractivity contribution >= 4 is 56.2 Å². The van der Waals surface area contributed by atoms with Gasteiger partial charge in [-0.05, 0) is 75.2 Å². The number of aromatic nitrogens is 4. The van der Waals surface area contributed by atoms with E-state index < -0.39 is 107 Å². The van der Waals surface area contributed by atoms with Crippen molar-refractivity contribution in [3.63, 3.8) is 0 Å². The first kappa shape index (κ1) is 104. The molecule has 3 N–H and O–H groups in total. The number of aryl methyl sites for hydroxylation is 1. The monoisotopic (exact) mass is 1750 g/mol. The molecule has 2 aromatic carbocycles. The van der Waals surface area contributed by atoms with Crippen LogP contribution in [-0.4, -0.2) is 110 Å². The van der Waals surface area contributed by atoms with Crippen molar-refractivity contribution in [1.29, 1.82) is 0 Å². The maximum atomic E-state index is 14.8. The summed E-state index contributed by atoms with van der Waals surface area (Å²) < 4.78 is 75.7. The predicted molar refractivity (Wildman–Crippen MR) is 480 cm³/mol. The van der Waals surface area contributed by atoms with Crippen LogP contribution >= 0.6 is 15.0 Å². The third-order valence-corrected chi connectivity index (χ3v) is 24.7. The average Bonchev–Trinajstić information content (AvgIpc) is 1.71. The maximum Gasteiger partial charge on any atom is 0.694 e. The molecule has 2 aliphatic heterocycles. The van der Waals surface area contributed by atoms with Crippen LogP contribution in [-0.2, 0) is 65.2 Å². The number of nitrogens with one attached hydrogen (secondary N) is 1. The Bertz CT molecular complexity index is 3750. The van der Waals surface area contributed by atoms with Gasteiger partial charge < -0.3 is 57.2 Å². The largest absolute Gasteiger partial charge is 0.694 e. The summed E-state index contributed by atoms with van der Waals surface area (Å²) in [5.74, 6) is -1.41. The Morgan fingerprint density at radius 2 is 0.959 bits per heavy atom. The van der Waals surface area contributed by atoms with Gasteiger partial charge in [-0.2, -0.15) is 4.98 Å². The van der Waals surface area contributed by atoms with E-state index in [1.807, 2.05) is 0 Å². The molecule has 1 amide bonds. The fraction of sp³-hybridized carbons (Fsp3) is 0.742. The highest BCUT2D eigenvalue weighted by Crippen LogP contribution is 2.50. The summed E-state index contributed by atoms with van der Waals surface area (Å²) in [5, 5.41) is 2.57. The zero-order valence-electron chi connectivity index (χ0n) is 74.1. The molecule has 0 radical (unpaired) electrons. The molecule has 2 aliphatic rings. The minimum absolute atomic E-state index is 0.0531. The van der Waals surface area contributed by atoms with Crippen molar-refractivity contribution in [3.8, 4) is 17.2 Å². The number of unbranched alkanes of at least 4 members (excludes halogenated alkanes) is 45. The first-order valence-corrected chi connectivity index (χ1v) is 50.5. The standard InChI is InChI=1S/C93H149N5O20P2S/c1-6-9-12-15-18-21-24-27-30-33-36-39-42-45-48-54-63-109-80-66-77(67-81(110-64-55-49-46-43-40-37-34-31-28-25-22-19-16-13-10-7-2)88(80)111-65-56-50-47-44-41-38-35-32-29-26-23-20-17-14-11-8-3)91(103)112-73-98-90(102)74(4)70-97(93(98)105)86-68-78(117-87(100)60-59-75(5)99)83(116-86)72-114-120(108,121)118-79-69-85(115-82(79)71-113-119(106)107)96-62-61-84(95-92(96)104)94-89(101)76-57-52-51-53-58-76/h51-53,57-58,61-62,66-67,70,78-79,82-83,85-86H,6-50,54-56,59-60,63-65,68-69,71-73H2,1-5H3,(H2-,94,95,101,104,106,107,108,121)/p+1/t78?,79?,82-,83-,85-,86-,120?/m1/s1. The molecule has 0 bridgehead atoms. The molecule has 0 spiro atoms. The van der Waals surface area contributed by atoms with Crippen molar-refractivity contribution in [2.24, 2.45) is 0 Å². The van der Waals surface area contributed by atoms with Gasteiger partial charge in [0.05, 0.1) is 38.4 Å². The molecule has 0 saturated carbocycles. The Kier molecular flexibility index (Phi) is 54.0. The van der Waals surface area contributed by atoms with Crippen LogP contribution < -0.4 is 36.5 Å². The number of nitrogens with zero attached hydrogens (tertiary/aromatic N) is 4. The van der Waals surface area contributed by atoms with Crippen LogP contribution in [0.3, 0.4) is 0 Å². The first-order valence-electron chi connectivity index (χ1n) is 46.8. The highest BCUT2D eigenvalue weighted by Gasteiger charge is 2.45. The van der Waals surface area contributed by atoms with Crippen LogP contribution in [0.2, 0.25) is 0 Å². The van der Waals surface area contributed by atoms with Gasteiger partial charge in [0.2, 0.25) is 5.75 Å². The lowest BCUT2D eigenvalue weighted by molar-refractivity contribution is -0.153. The van der Waals surface area contributed by atoms with E-state index in [0.717, 1.165) is 84.3 Å². The summed E-state index contributed by atoms with van der Waals surface area (Å²) in [6, 6.07) is 12.8. The second-order valence-corrected chi connectivity index (χ2v) is 36.8. The number of hydrogen-bond donors (Lipinski definition) is 3. The lowest BCUT2D eigenvalue weighted by Gasteiger charge is -2.25. The third-order valence-electron chi connectivity index (χ3n) is 22.8. The number of anilines is 1. The number of carbonyl (C=O) groups is 4. The number of benzene rings is 2. The lowest BCUT2D eigenvalue weighted by atomic mass is 10.0. The van der Waals surface area contributed by atoms with Gasteiger partial charge in [-0.3, -0.25) is 23.5 Å². The van der Waals surface area contributed by atoms with E-state index in [1.165, 1.54) is 270 Å². The second-order valence-electron chi connectivity index (χ2n) is 33.3. The molecule has 2 saturated heterocycles. The van der Waals surface area contributed by atoms with Crippen LogP contribution in [0, 0.1) is 6.92 Å². The zero-order chi connectivity index (χ0) is 86.9. The van der Waals surface area contributed by atoms with E-state index in [-0.39, 0.29) is 48.4 Å². The third kappa shape index (κ3) is 43.1. The van der Waals surface area contributed by atoms with E-state index in [0.29, 0.717) is 42.6 Å². The number of amides is 1. The molecule has 25 nitrogen and oxygen atoms in total. The highest BCUT2D eigenvalue weighted by molar-refractivity contribution is 8.07. The molecule has 28 heteroatoms. The smallest absolute Gasteiger partial charge is 0.490 e. The maximum absolute atomic E-state index is 14.8. The van der Waals surface area contributed by atoms with Gasteiger partial charge in [0, 0.05) is 47.3 Å². The molecule has 121 heavy (non-hydrogen) atoms. The minimum atomic E-state index is -4.42. The number of rotatable bonds is 73. The van der Waals surface area contributed by atoms with Crippen LogP contribution in [0.25, 0.3) is 0 Å². The minimum Gasteiger partial charge on any atom is -0.490 e.